The van der Waals surface area contributed by atoms with Gasteiger partial charge in [-0.05, 0) is 19.1 Å². The number of para-hydroxylation sites is 1. The Kier molecular flexibility index (Phi) is 4.79. The highest BCUT2D eigenvalue weighted by atomic mass is 16.5. The van der Waals surface area contributed by atoms with Crippen LogP contribution >= 0.6 is 0 Å². The van der Waals surface area contributed by atoms with Crippen molar-refractivity contribution < 1.29 is 9.53 Å². The molecule has 0 fully saturated rings. The first-order chi connectivity index (χ1) is 7.69. The smallest absolute Gasteiger partial charge is 0.324 e. The zero-order valence-corrected chi connectivity index (χ0v) is 9.72. The Hall–Kier alpha value is -1.55. The second-order valence-electron chi connectivity index (χ2n) is 3.50. The number of carbonyl (C=O) groups excluding carboxylic acids is 1. The van der Waals surface area contributed by atoms with Crippen molar-refractivity contribution in [3.8, 4) is 0 Å². The van der Waals surface area contributed by atoms with Gasteiger partial charge in [-0.2, -0.15) is 0 Å². The Morgan fingerprint density at radius 3 is 2.56 bits per heavy atom. The maximum Gasteiger partial charge on any atom is 0.324 e. The lowest BCUT2D eigenvalue weighted by molar-refractivity contribution is -0.141. The summed E-state index contributed by atoms with van der Waals surface area (Å²) in [6.45, 7) is 3.29. The topological polar surface area (TPSA) is 55.6 Å². The van der Waals surface area contributed by atoms with Crippen LogP contribution in [0.3, 0.4) is 0 Å². The van der Waals surface area contributed by atoms with Crippen LogP contribution in [0.5, 0.6) is 0 Å². The number of nitrogens with zero attached hydrogens (tertiary/aromatic N) is 1. The molecule has 0 saturated carbocycles. The number of hydrogen-bond acceptors (Lipinski definition) is 4. The van der Waals surface area contributed by atoms with Crippen LogP contribution in [-0.2, 0) is 9.53 Å². The van der Waals surface area contributed by atoms with Crippen LogP contribution < -0.4 is 10.6 Å². The van der Waals surface area contributed by atoms with Crippen LogP contribution in [0.4, 0.5) is 5.69 Å². The molecule has 1 aromatic rings. The van der Waals surface area contributed by atoms with Gasteiger partial charge in [-0.3, -0.25) is 4.79 Å². The summed E-state index contributed by atoms with van der Waals surface area (Å²) in [6.07, 6.45) is 0. The number of benzene rings is 1. The molecule has 88 valence electrons. The molecular weight excluding hydrogens is 204 g/mol. The summed E-state index contributed by atoms with van der Waals surface area (Å²) >= 11 is 0. The molecule has 0 heterocycles. The summed E-state index contributed by atoms with van der Waals surface area (Å²) in [4.78, 5) is 13.3. The van der Waals surface area contributed by atoms with Gasteiger partial charge in [-0.1, -0.05) is 18.2 Å². The Bertz CT molecular complexity index is 327. The summed E-state index contributed by atoms with van der Waals surface area (Å²) in [5.74, 6) is -0.380. The molecule has 0 aliphatic rings. The summed E-state index contributed by atoms with van der Waals surface area (Å²) in [5, 5.41) is 0. The van der Waals surface area contributed by atoms with Gasteiger partial charge in [-0.15, -0.1) is 0 Å². The number of rotatable bonds is 5. The molecule has 1 aromatic carbocycles. The fourth-order valence-electron chi connectivity index (χ4n) is 1.52. The number of esters is 1. The first-order valence-corrected chi connectivity index (χ1v) is 5.32. The maximum atomic E-state index is 11.2. The Labute approximate surface area is 96.0 Å². The van der Waals surface area contributed by atoms with Crippen LogP contribution in [0.15, 0.2) is 30.3 Å². The van der Waals surface area contributed by atoms with E-state index in [1.807, 2.05) is 42.2 Å². The van der Waals surface area contributed by atoms with Crippen molar-refractivity contribution in [2.75, 3.05) is 25.1 Å². The Balaban J connectivity index is 2.66. The largest absolute Gasteiger partial charge is 0.468 e. The van der Waals surface area contributed by atoms with E-state index in [4.69, 9.17) is 5.73 Å². The van der Waals surface area contributed by atoms with E-state index >= 15 is 0 Å². The van der Waals surface area contributed by atoms with Gasteiger partial charge >= 0.3 is 5.97 Å². The first kappa shape index (κ1) is 12.5. The third kappa shape index (κ3) is 3.24. The van der Waals surface area contributed by atoms with Gasteiger partial charge in [-0.25, -0.2) is 0 Å². The molecule has 1 rings (SSSR count). The minimum absolute atomic E-state index is 0.380. The molecule has 4 nitrogen and oxygen atoms in total. The molecule has 1 unspecified atom stereocenters. The third-order valence-corrected chi connectivity index (χ3v) is 2.42. The highest BCUT2D eigenvalue weighted by molar-refractivity contribution is 5.76. The number of hydrogen-bond donors (Lipinski definition) is 1. The number of carbonyl (C=O) groups is 1. The molecule has 0 bridgehead atoms. The van der Waals surface area contributed by atoms with Gasteiger partial charge in [0.2, 0.25) is 0 Å². The monoisotopic (exact) mass is 222 g/mol. The van der Waals surface area contributed by atoms with E-state index < -0.39 is 6.04 Å². The van der Waals surface area contributed by atoms with Crippen LogP contribution in [0.2, 0.25) is 0 Å². The molecule has 0 spiro atoms. The quantitative estimate of drug-likeness (QED) is 0.755. The van der Waals surface area contributed by atoms with Crippen molar-refractivity contribution in [3.63, 3.8) is 0 Å². The molecule has 0 amide bonds. The van der Waals surface area contributed by atoms with Crippen molar-refractivity contribution in [3.05, 3.63) is 30.3 Å². The molecule has 1 atom stereocenters. The second kappa shape index (κ2) is 6.12. The molecule has 0 saturated heterocycles. The normalized spacial score (nSPS) is 11.9. The Morgan fingerprint density at radius 1 is 1.44 bits per heavy atom. The van der Waals surface area contributed by atoms with Gasteiger partial charge in [0.25, 0.3) is 0 Å². The van der Waals surface area contributed by atoms with Crippen molar-refractivity contribution in [2.45, 2.75) is 13.0 Å². The fourth-order valence-corrected chi connectivity index (χ4v) is 1.52. The van der Waals surface area contributed by atoms with E-state index in [0.29, 0.717) is 6.54 Å². The number of nitrogens with two attached hydrogens (primary N) is 1. The van der Waals surface area contributed by atoms with Crippen LogP contribution in [0.1, 0.15) is 6.92 Å². The zero-order valence-electron chi connectivity index (χ0n) is 9.72. The highest BCUT2D eigenvalue weighted by Gasteiger charge is 2.17. The predicted octanol–water partition coefficient (Wildman–Crippen LogP) is 1.01. The van der Waals surface area contributed by atoms with E-state index in [9.17, 15) is 4.79 Å². The first-order valence-electron chi connectivity index (χ1n) is 5.32. The van der Waals surface area contributed by atoms with E-state index in [2.05, 4.69) is 4.74 Å². The van der Waals surface area contributed by atoms with Crippen molar-refractivity contribution >= 4 is 11.7 Å². The summed E-state index contributed by atoms with van der Waals surface area (Å²) in [6, 6.07) is 9.26. The lowest BCUT2D eigenvalue weighted by atomic mass is 10.2. The van der Waals surface area contributed by atoms with E-state index in [-0.39, 0.29) is 5.97 Å². The van der Waals surface area contributed by atoms with Gasteiger partial charge < -0.3 is 15.4 Å². The number of ether oxygens (including phenoxy) is 1. The van der Waals surface area contributed by atoms with Gasteiger partial charge in [0.05, 0.1) is 7.11 Å². The fraction of sp³-hybridized carbons (Fsp3) is 0.417. The summed E-state index contributed by atoms with van der Waals surface area (Å²) < 4.78 is 4.60. The minimum Gasteiger partial charge on any atom is -0.468 e. The average Bonchev–Trinajstić information content (AvgIpc) is 2.35. The van der Waals surface area contributed by atoms with Gasteiger partial charge in [0, 0.05) is 18.8 Å². The molecule has 4 heteroatoms. The lowest BCUT2D eigenvalue weighted by Crippen LogP contribution is -2.43. The molecule has 0 aromatic heterocycles. The standard InChI is InChI=1S/C12H18N2O2/c1-3-14(9-11(13)12(15)16-2)10-7-5-4-6-8-10/h4-8,11H,3,9,13H2,1-2H3. The summed E-state index contributed by atoms with van der Waals surface area (Å²) in [5.41, 5.74) is 6.78. The highest BCUT2D eigenvalue weighted by Crippen LogP contribution is 2.12. The van der Waals surface area contributed by atoms with E-state index in [1.54, 1.807) is 0 Å². The van der Waals surface area contributed by atoms with Crippen molar-refractivity contribution in [2.24, 2.45) is 5.73 Å². The molecule has 0 radical (unpaired) electrons. The minimum atomic E-state index is -0.606. The predicted molar refractivity (Wildman–Crippen MR) is 64.3 cm³/mol. The van der Waals surface area contributed by atoms with Crippen molar-refractivity contribution in [1.29, 1.82) is 0 Å². The second-order valence-corrected chi connectivity index (χ2v) is 3.50. The Morgan fingerprint density at radius 2 is 2.06 bits per heavy atom. The SMILES string of the molecule is CCN(CC(N)C(=O)OC)c1ccccc1. The van der Waals surface area contributed by atoms with Crippen molar-refractivity contribution in [1.82, 2.24) is 0 Å². The summed E-state index contributed by atoms with van der Waals surface area (Å²) in [7, 11) is 1.35. The van der Waals surface area contributed by atoms with Crippen LogP contribution in [0, 0.1) is 0 Å². The molecule has 2 N–H and O–H groups in total. The van der Waals surface area contributed by atoms with E-state index in [1.165, 1.54) is 7.11 Å². The van der Waals surface area contributed by atoms with Crippen LogP contribution in [0.25, 0.3) is 0 Å². The molecular formula is C12H18N2O2. The van der Waals surface area contributed by atoms with Gasteiger partial charge in [0.15, 0.2) is 0 Å². The molecule has 0 aliphatic carbocycles. The maximum absolute atomic E-state index is 11.2. The third-order valence-electron chi connectivity index (χ3n) is 2.42. The lowest BCUT2D eigenvalue weighted by Gasteiger charge is -2.25. The number of anilines is 1. The molecule has 0 aliphatic heterocycles. The number of likely N-dealkylation sites (N-methyl/N-ethyl adjacent to an activating group) is 1. The van der Waals surface area contributed by atoms with E-state index in [0.717, 1.165) is 12.2 Å². The van der Waals surface area contributed by atoms with Crippen LogP contribution in [-0.4, -0.2) is 32.2 Å². The molecule has 16 heavy (non-hydrogen) atoms. The zero-order chi connectivity index (χ0) is 12.0. The average molecular weight is 222 g/mol. The number of methoxy groups -OCH3 is 1. The van der Waals surface area contributed by atoms with Gasteiger partial charge in [0.1, 0.15) is 6.04 Å².